The maximum absolute atomic E-state index is 14.4. The number of anilines is 2. The molecule has 1 aromatic carbocycles. The van der Waals surface area contributed by atoms with Crippen LogP contribution < -0.4 is 10.2 Å². The number of methoxy groups -OCH3 is 2. The van der Waals surface area contributed by atoms with Gasteiger partial charge >= 0.3 is 11.9 Å². The molecule has 0 radical (unpaired) electrons. The first-order chi connectivity index (χ1) is 12.3. The van der Waals surface area contributed by atoms with Crippen molar-refractivity contribution in [1.29, 1.82) is 0 Å². The van der Waals surface area contributed by atoms with Gasteiger partial charge < -0.3 is 24.4 Å². The molecule has 1 aliphatic heterocycles. The van der Waals surface area contributed by atoms with Crippen molar-refractivity contribution in [3.8, 4) is 0 Å². The van der Waals surface area contributed by atoms with Crippen LogP contribution in [-0.4, -0.2) is 45.4 Å². The zero-order chi connectivity index (χ0) is 19.4. The number of nitrogens with zero attached hydrogens (tertiary/aromatic N) is 1. The SMILES string of the molecule is COC(=O)C1=C(C(=O)OC)N(c2cc(F)c(NC(C)=O)c(Cl)c2)COC1. The molecule has 2 rings (SSSR count). The van der Waals surface area contributed by atoms with Gasteiger partial charge in [-0.25, -0.2) is 14.0 Å². The summed E-state index contributed by atoms with van der Waals surface area (Å²) in [5.41, 5.74) is -0.290. The first-order valence-corrected chi connectivity index (χ1v) is 7.69. The van der Waals surface area contributed by atoms with Gasteiger partial charge in [-0.1, -0.05) is 11.6 Å². The minimum absolute atomic E-state index is 0.0759. The number of ether oxygens (including phenoxy) is 3. The smallest absolute Gasteiger partial charge is 0.355 e. The molecule has 1 amide bonds. The van der Waals surface area contributed by atoms with Crippen molar-refractivity contribution >= 4 is 40.8 Å². The maximum atomic E-state index is 14.4. The number of carbonyl (C=O) groups is 3. The number of carbonyl (C=O) groups excluding carboxylic acids is 3. The third-order valence-electron chi connectivity index (χ3n) is 3.47. The van der Waals surface area contributed by atoms with E-state index in [9.17, 15) is 18.8 Å². The molecule has 1 aliphatic rings. The predicted molar refractivity (Wildman–Crippen MR) is 90.1 cm³/mol. The lowest BCUT2D eigenvalue weighted by molar-refractivity contribution is -0.140. The third-order valence-corrected chi connectivity index (χ3v) is 3.77. The highest BCUT2D eigenvalue weighted by Gasteiger charge is 2.33. The summed E-state index contributed by atoms with van der Waals surface area (Å²) >= 11 is 6.04. The lowest BCUT2D eigenvalue weighted by atomic mass is 10.1. The van der Waals surface area contributed by atoms with Gasteiger partial charge in [0.2, 0.25) is 5.91 Å². The quantitative estimate of drug-likeness (QED) is 0.789. The largest absolute Gasteiger partial charge is 0.466 e. The van der Waals surface area contributed by atoms with Crippen molar-refractivity contribution in [1.82, 2.24) is 0 Å². The molecule has 26 heavy (non-hydrogen) atoms. The number of benzene rings is 1. The van der Waals surface area contributed by atoms with Crippen molar-refractivity contribution in [2.45, 2.75) is 6.92 Å². The van der Waals surface area contributed by atoms with E-state index in [1.54, 1.807) is 0 Å². The van der Waals surface area contributed by atoms with E-state index in [2.05, 4.69) is 10.1 Å². The van der Waals surface area contributed by atoms with E-state index in [4.69, 9.17) is 21.1 Å². The second-order valence-corrected chi connectivity index (χ2v) is 5.59. The Hall–Kier alpha value is -2.65. The van der Waals surface area contributed by atoms with E-state index < -0.39 is 23.7 Å². The van der Waals surface area contributed by atoms with Crippen molar-refractivity contribution in [3.63, 3.8) is 0 Å². The number of halogens is 2. The van der Waals surface area contributed by atoms with E-state index in [1.807, 2.05) is 0 Å². The van der Waals surface area contributed by atoms with Crippen molar-refractivity contribution in [3.05, 3.63) is 34.2 Å². The van der Waals surface area contributed by atoms with Crippen molar-refractivity contribution in [2.24, 2.45) is 0 Å². The predicted octanol–water partition coefficient (Wildman–Crippen LogP) is 1.83. The minimum Gasteiger partial charge on any atom is -0.466 e. The summed E-state index contributed by atoms with van der Waals surface area (Å²) in [4.78, 5) is 36.5. The molecule has 1 N–H and O–H groups in total. The molecule has 0 atom stereocenters. The Kier molecular flexibility index (Phi) is 6.17. The van der Waals surface area contributed by atoms with Crippen molar-refractivity contribution < 1.29 is 33.0 Å². The van der Waals surface area contributed by atoms with Crippen LogP contribution in [-0.2, 0) is 28.6 Å². The first-order valence-electron chi connectivity index (χ1n) is 7.31. The molecule has 140 valence electrons. The van der Waals surface area contributed by atoms with Gasteiger partial charge in [-0.3, -0.25) is 4.79 Å². The molecule has 0 spiro atoms. The van der Waals surface area contributed by atoms with Gasteiger partial charge in [0.05, 0.1) is 37.1 Å². The van der Waals surface area contributed by atoms with Gasteiger partial charge in [-0.2, -0.15) is 0 Å². The Morgan fingerprint density at radius 3 is 2.42 bits per heavy atom. The van der Waals surface area contributed by atoms with Gasteiger partial charge in [0.15, 0.2) is 0 Å². The lowest BCUT2D eigenvalue weighted by Crippen LogP contribution is -2.38. The highest BCUT2D eigenvalue weighted by atomic mass is 35.5. The zero-order valence-electron chi connectivity index (χ0n) is 14.2. The average Bonchev–Trinajstić information content (AvgIpc) is 2.62. The molecule has 0 aliphatic carbocycles. The van der Waals surface area contributed by atoms with Crippen LogP contribution in [0.5, 0.6) is 0 Å². The molecule has 10 heteroatoms. The summed E-state index contributed by atoms with van der Waals surface area (Å²) in [6, 6.07) is 2.37. The second-order valence-electron chi connectivity index (χ2n) is 5.18. The standard InChI is InChI=1S/C16H16ClFN2O6/c1-8(21)19-13-11(17)4-9(5-12(13)18)20-7-26-6-10(15(22)24-2)14(20)16(23)25-3/h4-5H,6-7H2,1-3H3,(H,19,21). The Labute approximate surface area is 153 Å². The highest BCUT2D eigenvalue weighted by Crippen LogP contribution is 2.34. The number of hydrogen-bond donors (Lipinski definition) is 1. The zero-order valence-corrected chi connectivity index (χ0v) is 15.0. The summed E-state index contributed by atoms with van der Waals surface area (Å²) in [5.74, 6) is -2.92. The molecule has 8 nitrogen and oxygen atoms in total. The maximum Gasteiger partial charge on any atom is 0.355 e. The minimum atomic E-state index is -0.823. The molecule has 0 fully saturated rings. The molecule has 0 unspecified atom stereocenters. The summed E-state index contributed by atoms with van der Waals surface area (Å²) < 4.78 is 29.0. The van der Waals surface area contributed by atoms with E-state index in [1.165, 1.54) is 17.9 Å². The molecule has 1 heterocycles. The lowest BCUT2D eigenvalue weighted by Gasteiger charge is -2.31. The van der Waals surface area contributed by atoms with Gasteiger partial charge in [-0.15, -0.1) is 0 Å². The third kappa shape index (κ3) is 3.94. The van der Waals surface area contributed by atoms with Crippen LogP contribution in [0.15, 0.2) is 23.4 Å². The first kappa shape index (κ1) is 19.7. The van der Waals surface area contributed by atoms with Crippen LogP contribution >= 0.6 is 11.6 Å². The van der Waals surface area contributed by atoms with Crippen molar-refractivity contribution in [2.75, 3.05) is 37.8 Å². The number of rotatable bonds is 4. The summed E-state index contributed by atoms with van der Waals surface area (Å²) in [5, 5.41) is 2.19. The Bertz CT molecular complexity index is 772. The number of amides is 1. The van der Waals surface area contributed by atoms with Crippen LogP contribution in [0.4, 0.5) is 15.8 Å². The van der Waals surface area contributed by atoms with Gasteiger partial charge in [-0.05, 0) is 12.1 Å². The van der Waals surface area contributed by atoms with Crippen LogP contribution in [0, 0.1) is 5.82 Å². The molecule has 0 aromatic heterocycles. The molecule has 1 aromatic rings. The van der Waals surface area contributed by atoms with Crippen LogP contribution in [0.3, 0.4) is 0 Å². The van der Waals surface area contributed by atoms with Gasteiger partial charge in [0, 0.05) is 12.6 Å². The number of nitrogens with one attached hydrogen (secondary N) is 1. The topological polar surface area (TPSA) is 94.2 Å². The highest BCUT2D eigenvalue weighted by molar-refractivity contribution is 6.34. The molecular weight excluding hydrogens is 371 g/mol. The van der Waals surface area contributed by atoms with Crippen LogP contribution in [0.2, 0.25) is 5.02 Å². The Morgan fingerprint density at radius 1 is 1.23 bits per heavy atom. The fraction of sp³-hybridized carbons (Fsp3) is 0.312. The van der Waals surface area contributed by atoms with Gasteiger partial charge in [0.1, 0.15) is 18.2 Å². The normalized spacial score (nSPS) is 14.1. The number of hydrogen-bond acceptors (Lipinski definition) is 7. The van der Waals surface area contributed by atoms with E-state index in [0.717, 1.165) is 20.3 Å². The Balaban J connectivity index is 2.56. The monoisotopic (exact) mass is 386 g/mol. The molecular formula is C16H16ClFN2O6. The second kappa shape index (κ2) is 8.15. The summed E-state index contributed by atoms with van der Waals surface area (Å²) in [6.45, 7) is 0.886. The summed E-state index contributed by atoms with van der Waals surface area (Å²) in [6.07, 6.45) is 0. The van der Waals surface area contributed by atoms with E-state index >= 15 is 0 Å². The van der Waals surface area contributed by atoms with Crippen LogP contribution in [0.25, 0.3) is 0 Å². The van der Waals surface area contributed by atoms with Gasteiger partial charge in [0.25, 0.3) is 0 Å². The fourth-order valence-corrected chi connectivity index (χ4v) is 2.61. The molecule has 0 bridgehead atoms. The van der Waals surface area contributed by atoms with Crippen LogP contribution in [0.1, 0.15) is 6.92 Å². The number of esters is 2. The summed E-state index contributed by atoms with van der Waals surface area (Å²) in [7, 11) is 2.30. The van der Waals surface area contributed by atoms with E-state index in [0.29, 0.717) is 0 Å². The average molecular weight is 387 g/mol. The molecule has 0 saturated heterocycles. The van der Waals surface area contributed by atoms with E-state index in [-0.39, 0.29) is 41.0 Å². The Morgan fingerprint density at radius 2 is 1.88 bits per heavy atom. The fourth-order valence-electron chi connectivity index (χ4n) is 2.36. The molecule has 0 saturated carbocycles.